The van der Waals surface area contributed by atoms with Gasteiger partial charge in [0.05, 0.1) is 21.4 Å². The molecule has 5 aromatic rings. The maximum Gasteiger partial charge on any atom is 0.243 e. The van der Waals surface area contributed by atoms with E-state index in [9.17, 15) is 8.42 Å². The van der Waals surface area contributed by atoms with E-state index in [0.717, 1.165) is 38.6 Å². The zero-order chi connectivity index (χ0) is 21.9. The normalized spacial score (nSPS) is 15.8. The minimum atomic E-state index is -3.63. The molecule has 0 saturated heterocycles. The Morgan fingerprint density at radius 3 is 2.38 bits per heavy atom. The van der Waals surface area contributed by atoms with Crippen molar-refractivity contribution < 1.29 is 8.42 Å². The Morgan fingerprint density at radius 2 is 1.56 bits per heavy atom. The summed E-state index contributed by atoms with van der Waals surface area (Å²) in [6.07, 6.45) is 4.04. The molecule has 0 bridgehead atoms. The highest BCUT2D eigenvalue weighted by molar-refractivity contribution is 7.89. The summed E-state index contributed by atoms with van der Waals surface area (Å²) < 4.78 is 30.9. The van der Waals surface area contributed by atoms with E-state index in [0.29, 0.717) is 18.0 Å². The molecule has 1 aliphatic rings. The number of nitrogens with zero attached hydrogens (tertiary/aromatic N) is 2. The molecule has 0 spiro atoms. The monoisotopic (exact) mass is 438 g/mol. The van der Waals surface area contributed by atoms with E-state index in [1.807, 2.05) is 37.3 Å². The number of aromatic nitrogens is 1. The highest BCUT2D eigenvalue weighted by Crippen LogP contribution is 2.36. The zero-order valence-corrected chi connectivity index (χ0v) is 18.5. The zero-order valence-electron chi connectivity index (χ0n) is 17.7. The van der Waals surface area contributed by atoms with E-state index in [2.05, 4.69) is 52.9 Å². The van der Waals surface area contributed by atoms with Crippen LogP contribution in [0.4, 0.5) is 0 Å². The van der Waals surface area contributed by atoms with Gasteiger partial charge in [-0.1, -0.05) is 66.2 Å². The van der Waals surface area contributed by atoms with Crippen molar-refractivity contribution in [3.63, 3.8) is 0 Å². The number of hydrogen-bond donors (Lipinski definition) is 0. The van der Waals surface area contributed by atoms with Crippen LogP contribution in [-0.2, 0) is 16.6 Å². The molecule has 1 aliphatic heterocycles. The molecule has 6 rings (SSSR count). The lowest BCUT2D eigenvalue weighted by atomic mass is 10.0. The van der Waals surface area contributed by atoms with Crippen LogP contribution in [0.5, 0.6) is 0 Å². The smallest absolute Gasteiger partial charge is 0.243 e. The van der Waals surface area contributed by atoms with Crippen molar-refractivity contribution in [3.05, 3.63) is 102 Å². The van der Waals surface area contributed by atoms with E-state index in [4.69, 9.17) is 0 Å². The summed E-state index contributed by atoms with van der Waals surface area (Å²) in [7, 11) is -3.63. The Balaban J connectivity index is 1.63. The molecule has 3 heterocycles. The van der Waals surface area contributed by atoms with Gasteiger partial charge in [0.25, 0.3) is 0 Å². The number of rotatable bonds is 2. The lowest BCUT2D eigenvalue weighted by molar-refractivity contribution is 0.439. The molecule has 0 fully saturated rings. The number of sulfonamides is 1. The van der Waals surface area contributed by atoms with Gasteiger partial charge in [0.2, 0.25) is 10.0 Å². The van der Waals surface area contributed by atoms with Crippen molar-refractivity contribution in [1.82, 2.24) is 8.71 Å². The maximum atomic E-state index is 13.5. The second-order valence-electron chi connectivity index (χ2n) is 8.36. The largest absolute Gasteiger partial charge is 0.308 e. The second kappa shape index (κ2) is 7.05. The third-order valence-corrected chi connectivity index (χ3v) is 8.15. The Hall–Kier alpha value is -3.41. The van der Waals surface area contributed by atoms with Crippen molar-refractivity contribution >= 4 is 43.4 Å². The summed E-state index contributed by atoms with van der Waals surface area (Å²) in [6.45, 7) is 2.60. The first-order chi connectivity index (χ1) is 15.5. The number of para-hydroxylation sites is 2. The molecule has 2 aromatic heterocycles. The van der Waals surface area contributed by atoms with Gasteiger partial charge in [-0.15, -0.1) is 0 Å². The van der Waals surface area contributed by atoms with Crippen LogP contribution in [0.25, 0.3) is 33.4 Å². The van der Waals surface area contributed by atoms with E-state index in [-0.39, 0.29) is 0 Å². The lowest BCUT2D eigenvalue weighted by Gasteiger charge is -2.23. The molecule has 4 nitrogen and oxygen atoms in total. The first-order valence-electron chi connectivity index (χ1n) is 10.7. The van der Waals surface area contributed by atoms with E-state index in [1.54, 1.807) is 16.4 Å². The topological polar surface area (TPSA) is 41.8 Å². The number of pyridine rings is 1. The van der Waals surface area contributed by atoms with Gasteiger partial charge in [-0.25, -0.2) is 8.42 Å². The standard InChI is InChI=1S/C27H22N2O2S/c1-19-12-14-22(15-13-19)32(30,31)28-16-6-9-24-23-8-3-5-11-26(23)29-25-10-4-2-7-20(25)17-21(18-28)27(24)29/h2-15,17H,16,18H2,1H3/b9-6-. The molecule has 0 N–H and O–H groups in total. The Morgan fingerprint density at radius 1 is 0.844 bits per heavy atom. The van der Waals surface area contributed by atoms with Gasteiger partial charge in [-0.05, 0) is 48.2 Å². The van der Waals surface area contributed by atoms with Gasteiger partial charge in [0.1, 0.15) is 0 Å². The number of benzene rings is 3. The predicted molar refractivity (Wildman–Crippen MR) is 130 cm³/mol. The molecule has 0 aliphatic carbocycles. The Bertz CT molecular complexity index is 1640. The lowest BCUT2D eigenvalue weighted by Crippen LogP contribution is -2.31. The van der Waals surface area contributed by atoms with Crippen molar-refractivity contribution in [1.29, 1.82) is 0 Å². The van der Waals surface area contributed by atoms with Gasteiger partial charge in [-0.2, -0.15) is 4.31 Å². The summed E-state index contributed by atoms with van der Waals surface area (Å²) in [5.74, 6) is 0. The van der Waals surface area contributed by atoms with Crippen LogP contribution in [0, 0.1) is 6.92 Å². The average molecular weight is 439 g/mol. The second-order valence-corrected chi connectivity index (χ2v) is 10.3. The molecule has 0 saturated carbocycles. The van der Waals surface area contributed by atoms with Crippen LogP contribution >= 0.6 is 0 Å². The number of fused-ring (bicyclic) bond motifs is 5. The van der Waals surface area contributed by atoms with Crippen LogP contribution in [0.15, 0.2) is 89.8 Å². The van der Waals surface area contributed by atoms with E-state index in [1.165, 1.54) is 5.39 Å². The SMILES string of the molecule is Cc1ccc(S(=O)(=O)N2C/C=C\c3c4ccccc4n4c3c(cc3ccccc34)C2)cc1. The van der Waals surface area contributed by atoms with E-state index < -0.39 is 10.0 Å². The Labute approximate surface area is 187 Å². The molecule has 0 unspecified atom stereocenters. The molecule has 3 aromatic carbocycles. The summed E-state index contributed by atoms with van der Waals surface area (Å²) in [5.41, 5.74) is 6.52. The fourth-order valence-corrected chi connectivity index (χ4v) is 6.14. The van der Waals surface area contributed by atoms with Gasteiger partial charge in [0.15, 0.2) is 0 Å². The van der Waals surface area contributed by atoms with Crippen LogP contribution in [-0.4, -0.2) is 23.7 Å². The van der Waals surface area contributed by atoms with Gasteiger partial charge >= 0.3 is 0 Å². The molecule has 0 amide bonds. The van der Waals surface area contributed by atoms with Gasteiger partial charge in [-0.3, -0.25) is 0 Å². The quantitative estimate of drug-likeness (QED) is 0.351. The highest BCUT2D eigenvalue weighted by atomic mass is 32.2. The molecule has 0 atom stereocenters. The van der Waals surface area contributed by atoms with Gasteiger partial charge < -0.3 is 4.40 Å². The first kappa shape index (κ1) is 19.3. The fourth-order valence-electron chi connectivity index (χ4n) is 4.78. The summed E-state index contributed by atoms with van der Waals surface area (Å²) in [6, 6.07) is 25.9. The molecule has 0 radical (unpaired) electrons. The van der Waals surface area contributed by atoms with Crippen LogP contribution in [0.3, 0.4) is 0 Å². The predicted octanol–water partition coefficient (Wildman–Crippen LogP) is 5.77. The fraction of sp³-hybridized carbons (Fsp3) is 0.111. The first-order valence-corrected chi connectivity index (χ1v) is 12.2. The molecular weight excluding hydrogens is 416 g/mol. The molecular formula is C27H22N2O2S. The van der Waals surface area contributed by atoms with Crippen LogP contribution < -0.4 is 0 Å². The highest BCUT2D eigenvalue weighted by Gasteiger charge is 2.27. The van der Waals surface area contributed by atoms with Crippen molar-refractivity contribution in [3.8, 4) is 0 Å². The van der Waals surface area contributed by atoms with Crippen LogP contribution in [0.1, 0.15) is 16.7 Å². The summed E-state index contributed by atoms with van der Waals surface area (Å²) >= 11 is 0. The van der Waals surface area contributed by atoms with Crippen molar-refractivity contribution in [2.45, 2.75) is 18.4 Å². The molecule has 5 heteroatoms. The third kappa shape index (κ3) is 2.82. The number of aryl methyl sites for hydroxylation is 1. The Kier molecular flexibility index (Phi) is 4.25. The van der Waals surface area contributed by atoms with E-state index >= 15 is 0 Å². The average Bonchev–Trinajstić information content (AvgIpc) is 3.12. The number of hydrogen-bond acceptors (Lipinski definition) is 2. The van der Waals surface area contributed by atoms with Crippen LogP contribution in [0.2, 0.25) is 0 Å². The molecule has 32 heavy (non-hydrogen) atoms. The third-order valence-electron chi connectivity index (χ3n) is 6.32. The van der Waals surface area contributed by atoms with Crippen molar-refractivity contribution in [2.75, 3.05) is 6.54 Å². The maximum absolute atomic E-state index is 13.5. The minimum absolute atomic E-state index is 0.318. The molecule has 158 valence electrons. The van der Waals surface area contributed by atoms with Crippen molar-refractivity contribution in [2.24, 2.45) is 0 Å². The minimum Gasteiger partial charge on any atom is -0.308 e. The summed E-state index contributed by atoms with van der Waals surface area (Å²) in [5, 5.41) is 2.27. The summed E-state index contributed by atoms with van der Waals surface area (Å²) in [4.78, 5) is 0.328. The van der Waals surface area contributed by atoms with Gasteiger partial charge in [0, 0.05) is 24.0 Å².